The Morgan fingerprint density at radius 3 is 2.80 bits per heavy atom. The summed E-state index contributed by atoms with van der Waals surface area (Å²) in [6.07, 6.45) is -0.736. The average molecular weight is 327 g/mol. The number of halogens is 1. The lowest BCUT2D eigenvalue weighted by atomic mass is 10.2. The highest BCUT2D eigenvalue weighted by Gasteiger charge is 2.23. The van der Waals surface area contributed by atoms with Crippen LogP contribution in [0.25, 0.3) is 10.4 Å². The van der Waals surface area contributed by atoms with E-state index in [1.165, 1.54) is 6.92 Å². The van der Waals surface area contributed by atoms with Gasteiger partial charge in [-0.1, -0.05) is 27.7 Å². The molecule has 7 nitrogen and oxygen atoms in total. The number of ether oxygens (including phenoxy) is 2. The van der Waals surface area contributed by atoms with E-state index in [1.54, 1.807) is 0 Å². The molecule has 0 aromatic rings. The Bertz CT molecular complexity index is 267. The molecule has 8 heteroatoms. The molecule has 0 N–H and O–H groups in total. The number of hydrogen-bond donors (Lipinski definition) is 0. The van der Waals surface area contributed by atoms with E-state index in [2.05, 4.69) is 14.8 Å². The molecule has 84 valence electrons. The van der Waals surface area contributed by atoms with E-state index in [0.717, 1.165) is 0 Å². The van der Waals surface area contributed by atoms with Gasteiger partial charge in [0.05, 0.1) is 6.04 Å². The van der Waals surface area contributed by atoms with Crippen LogP contribution in [0.4, 0.5) is 0 Å². The highest BCUT2D eigenvalue weighted by Crippen LogP contribution is 2.09. The second-order valence-electron chi connectivity index (χ2n) is 2.50. The lowest BCUT2D eigenvalue weighted by Gasteiger charge is -2.20. The highest BCUT2D eigenvalue weighted by molar-refractivity contribution is 14.1. The van der Waals surface area contributed by atoms with Crippen molar-refractivity contribution in [3.05, 3.63) is 10.4 Å². The number of nitrogens with zero attached hydrogens (tertiary/aromatic N) is 3. The number of alkyl halides is 1. The number of azide groups is 1. The summed E-state index contributed by atoms with van der Waals surface area (Å²) in [7, 11) is 0. The van der Waals surface area contributed by atoms with Crippen LogP contribution in [0, 0.1) is 0 Å². The Morgan fingerprint density at radius 2 is 2.40 bits per heavy atom. The zero-order valence-electron chi connectivity index (χ0n) is 8.00. The Morgan fingerprint density at radius 1 is 1.73 bits per heavy atom. The predicted molar refractivity (Wildman–Crippen MR) is 59.4 cm³/mol. The van der Waals surface area contributed by atoms with Gasteiger partial charge in [-0.3, -0.25) is 9.59 Å². The van der Waals surface area contributed by atoms with Gasteiger partial charge in [0, 0.05) is 16.3 Å². The van der Waals surface area contributed by atoms with Crippen molar-refractivity contribution in [2.75, 3.05) is 11.0 Å². The SMILES string of the molecule is CC(=O)O[C@@H](COC=O)[C@H](CI)N=[N+]=[N-]. The van der Waals surface area contributed by atoms with E-state index in [4.69, 9.17) is 10.3 Å². The molecule has 0 bridgehead atoms. The van der Waals surface area contributed by atoms with E-state index in [-0.39, 0.29) is 13.1 Å². The first-order valence-corrected chi connectivity index (χ1v) is 5.50. The molecule has 0 aliphatic rings. The fourth-order valence-electron chi connectivity index (χ4n) is 0.842. The standard InChI is InChI=1S/C7H10IN3O4/c1-5(13)15-7(3-14-4-12)6(2-8)10-11-9/h4,6-7H,2-3H2,1H3/t6-,7-/m0/s1. The number of carbonyl (C=O) groups excluding carboxylic acids is 2. The molecular formula is C7H10IN3O4. The third-order valence-corrected chi connectivity index (χ3v) is 2.34. The molecule has 0 radical (unpaired) electrons. The lowest BCUT2D eigenvalue weighted by molar-refractivity contribution is -0.153. The molecule has 0 aliphatic heterocycles. The van der Waals surface area contributed by atoms with Crippen LogP contribution in [0.15, 0.2) is 5.11 Å². The van der Waals surface area contributed by atoms with Gasteiger partial charge in [0.15, 0.2) is 0 Å². The van der Waals surface area contributed by atoms with Crippen LogP contribution < -0.4 is 0 Å². The Balaban J connectivity index is 4.47. The number of rotatable bonds is 7. The third-order valence-electron chi connectivity index (χ3n) is 1.43. The van der Waals surface area contributed by atoms with Crippen LogP contribution in [0.3, 0.4) is 0 Å². The van der Waals surface area contributed by atoms with Crippen LogP contribution in [0.1, 0.15) is 6.92 Å². The second kappa shape index (κ2) is 8.30. The van der Waals surface area contributed by atoms with Gasteiger partial charge < -0.3 is 9.47 Å². The number of hydrogen-bond acceptors (Lipinski definition) is 5. The molecule has 15 heavy (non-hydrogen) atoms. The van der Waals surface area contributed by atoms with Gasteiger partial charge in [-0.05, 0) is 5.53 Å². The normalized spacial score (nSPS) is 13.2. The molecule has 0 spiro atoms. The van der Waals surface area contributed by atoms with Crippen molar-refractivity contribution in [1.29, 1.82) is 0 Å². The minimum absolute atomic E-state index is 0.115. The van der Waals surface area contributed by atoms with Gasteiger partial charge >= 0.3 is 5.97 Å². The molecule has 0 aromatic heterocycles. The quantitative estimate of drug-likeness (QED) is 0.133. The van der Waals surface area contributed by atoms with Gasteiger partial charge in [-0.25, -0.2) is 0 Å². The van der Waals surface area contributed by atoms with Crippen molar-refractivity contribution in [2.24, 2.45) is 5.11 Å². The minimum Gasteiger partial charge on any atom is -0.464 e. The smallest absolute Gasteiger partial charge is 0.303 e. The number of esters is 1. The molecule has 0 saturated carbocycles. The molecule has 0 fully saturated rings. The molecule has 0 amide bonds. The second-order valence-corrected chi connectivity index (χ2v) is 3.38. The zero-order chi connectivity index (χ0) is 11.7. The fourth-order valence-corrected chi connectivity index (χ4v) is 1.59. The molecule has 0 aromatic carbocycles. The summed E-state index contributed by atoms with van der Waals surface area (Å²) in [6, 6.07) is -0.542. The molecule has 2 atom stereocenters. The summed E-state index contributed by atoms with van der Waals surface area (Å²) in [6.45, 7) is 1.36. The zero-order valence-corrected chi connectivity index (χ0v) is 10.2. The predicted octanol–water partition coefficient (Wildman–Crippen LogP) is 1.20. The fraction of sp³-hybridized carbons (Fsp3) is 0.714. The van der Waals surface area contributed by atoms with Crippen molar-refractivity contribution in [3.8, 4) is 0 Å². The first-order chi connectivity index (χ1) is 7.15. The minimum atomic E-state index is -0.736. The van der Waals surface area contributed by atoms with Gasteiger partial charge in [-0.15, -0.1) is 0 Å². The van der Waals surface area contributed by atoms with E-state index < -0.39 is 18.1 Å². The first-order valence-electron chi connectivity index (χ1n) is 3.98. The highest BCUT2D eigenvalue weighted by atomic mass is 127. The first kappa shape index (κ1) is 14.0. The number of carbonyl (C=O) groups is 2. The summed E-state index contributed by atoms with van der Waals surface area (Å²) >= 11 is 1.99. The largest absolute Gasteiger partial charge is 0.464 e. The molecule has 0 rings (SSSR count). The Hall–Kier alpha value is -1.02. The molecule has 0 heterocycles. The van der Waals surface area contributed by atoms with Gasteiger partial charge in [-0.2, -0.15) is 0 Å². The maximum atomic E-state index is 10.7. The summed E-state index contributed by atoms with van der Waals surface area (Å²) in [5, 5.41) is 3.45. The molecule has 0 unspecified atom stereocenters. The summed E-state index contributed by atoms with van der Waals surface area (Å²) in [5.41, 5.74) is 8.28. The van der Waals surface area contributed by atoms with E-state index in [9.17, 15) is 9.59 Å². The van der Waals surface area contributed by atoms with Crippen LogP contribution in [0.2, 0.25) is 0 Å². The Kier molecular flexibility index (Phi) is 7.74. The van der Waals surface area contributed by atoms with Gasteiger partial charge in [0.25, 0.3) is 6.47 Å². The van der Waals surface area contributed by atoms with Crippen LogP contribution in [0.5, 0.6) is 0 Å². The molecule has 0 aliphatic carbocycles. The van der Waals surface area contributed by atoms with Crippen LogP contribution >= 0.6 is 22.6 Å². The van der Waals surface area contributed by atoms with Crippen LogP contribution in [-0.4, -0.2) is 35.6 Å². The topological polar surface area (TPSA) is 101 Å². The Labute approximate surface area is 99.9 Å². The van der Waals surface area contributed by atoms with Gasteiger partial charge in [0.1, 0.15) is 12.7 Å². The monoisotopic (exact) mass is 327 g/mol. The maximum absolute atomic E-state index is 10.7. The van der Waals surface area contributed by atoms with E-state index in [0.29, 0.717) is 4.43 Å². The summed E-state index contributed by atoms with van der Waals surface area (Å²) in [4.78, 5) is 23.4. The van der Waals surface area contributed by atoms with E-state index >= 15 is 0 Å². The summed E-state index contributed by atoms with van der Waals surface area (Å²) < 4.78 is 9.81. The maximum Gasteiger partial charge on any atom is 0.303 e. The van der Waals surface area contributed by atoms with Crippen molar-refractivity contribution < 1.29 is 19.1 Å². The lowest BCUT2D eigenvalue weighted by Crippen LogP contribution is -2.34. The van der Waals surface area contributed by atoms with Crippen molar-refractivity contribution in [2.45, 2.75) is 19.1 Å². The average Bonchev–Trinajstić information content (AvgIpc) is 2.20. The van der Waals surface area contributed by atoms with E-state index in [1.807, 2.05) is 22.6 Å². The van der Waals surface area contributed by atoms with Crippen molar-refractivity contribution in [3.63, 3.8) is 0 Å². The van der Waals surface area contributed by atoms with Crippen LogP contribution in [-0.2, 0) is 19.1 Å². The van der Waals surface area contributed by atoms with Gasteiger partial charge in [0.2, 0.25) is 0 Å². The molecule has 0 saturated heterocycles. The third kappa shape index (κ3) is 6.13. The summed E-state index contributed by atoms with van der Waals surface area (Å²) in [5.74, 6) is -0.516. The molecular weight excluding hydrogens is 317 g/mol. The van der Waals surface area contributed by atoms with Crippen molar-refractivity contribution in [1.82, 2.24) is 0 Å². The van der Waals surface area contributed by atoms with Crippen molar-refractivity contribution >= 4 is 35.0 Å².